The van der Waals surface area contributed by atoms with E-state index in [1.165, 1.54) is 25.7 Å². The van der Waals surface area contributed by atoms with E-state index in [1.54, 1.807) is 6.20 Å². The molecule has 21 heavy (non-hydrogen) atoms. The molecule has 1 saturated heterocycles. The molecular formula is C16H23N3O2. The van der Waals surface area contributed by atoms with Crippen LogP contribution in [-0.4, -0.2) is 33.9 Å². The summed E-state index contributed by atoms with van der Waals surface area (Å²) in [7, 11) is 0. The Bertz CT molecular complexity index is 548. The molecule has 0 radical (unpaired) electrons. The smallest absolute Gasteiger partial charge is 0.342 e. The van der Waals surface area contributed by atoms with Crippen molar-refractivity contribution in [2.45, 2.75) is 50.9 Å². The summed E-state index contributed by atoms with van der Waals surface area (Å²) < 4.78 is 0. The highest BCUT2D eigenvalue weighted by Crippen LogP contribution is 2.30. The molecule has 2 fully saturated rings. The summed E-state index contributed by atoms with van der Waals surface area (Å²) in [6.07, 6.45) is 9.25. The molecule has 5 nitrogen and oxygen atoms in total. The Morgan fingerprint density at radius 3 is 2.86 bits per heavy atom. The number of H-pyrrole nitrogens is 1. The van der Waals surface area contributed by atoms with E-state index < -0.39 is 0 Å². The molecule has 0 unspecified atom stereocenters. The van der Waals surface area contributed by atoms with Gasteiger partial charge >= 0.3 is 5.69 Å². The lowest BCUT2D eigenvalue weighted by Gasteiger charge is -2.33. The van der Waals surface area contributed by atoms with E-state index in [2.05, 4.69) is 9.97 Å². The van der Waals surface area contributed by atoms with E-state index in [1.807, 2.05) is 11.0 Å². The van der Waals surface area contributed by atoms with Crippen molar-refractivity contribution in [1.82, 2.24) is 14.9 Å². The minimum atomic E-state index is -0.304. The first kappa shape index (κ1) is 14.3. The minimum absolute atomic E-state index is 0.238. The van der Waals surface area contributed by atoms with Gasteiger partial charge in [-0.1, -0.05) is 12.8 Å². The van der Waals surface area contributed by atoms with E-state index in [-0.39, 0.29) is 11.6 Å². The monoisotopic (exact) mass is 289 g/mol. The second kappa shape index (κ2) is 6.41. The van der Waals surface area contributed by atoms with Crippen molar-refractivity contribution in [3.8, 4) is 0 Å². The zero-order valence-electron chi connectivity index (χ0n) is 12.4. The van der Waals surface area contributed by atoms with Crippen molar-refractivity contribution in [1.29, 1.82) is 0 Å². The van der Waals surface area contributed by atoms with Crippen LogP contribution in [0.1, 0.15) is 56.6 Å². The standard InChI is InChI=1S/C16H23N3O2/c20-15(10-12-4-1-2-5-12)19-9-3-6-13(11-19)14-7-8-17-16(21)18-14/h7-8,12-13H,1-6,9-11H2,(H,17,18,21)/t13-/m0/s1. The summed E-state index contributed by atoms with van der Waals surface area (Å²) >= 11 is 0. The highest BCUT2D eigenvalue weighted by atomic mass is 16.2. The molecular weight excluding hydrogens is 266 g/mol. The third-order valence-corrected chi connectivity index (χ3v) is 4.85. The molecule has 1 saturated carbocycles. The molecule has 114 valence electrons. The fourth-order valence-corrected chi connectivity index (χ4v) is 3.67. The number of hydrogen-bond acceptors (Lipinski definition) is 3. The van der Waals surface area contributed by atoms with Crippen LogP contribution in [0.5, 0.6) is 0 Å². The summed E-state index contributed by atoms with van der Waals surface area (Å²) in [5, 5.41) is 0. The van der Waals surface area contributed by atoms with Crippen LogP contribution in [0.25, 0.3) is 0 Å². The topological polar surface area (TPSA) is 66.1 Å². The number of likely N-dealkylation sites (tertiary alicyclic amines) is 1. The number of nitrogens with zero attached hydrogens (tertiary/aromatic N) is 2. The predicted octanol–water partition coefficient (Wildman–Crippen LogP) is 2.06. The molecule has 2 heterocycles. The average Bonchev–Trinajstić information content (AvgIpc) is 3.00. The summed E-state index contributed by atoms with van der Waals surface area (Å²) in [5.74, 6) is 1.13. The van der Waals surface area contributed by atoms with Gasteiger partial charge < -0.3 is 9.88 Å². The van der Waals surface area contributed by atoms with Crippen molar-refractivity contribution in [2.24, 2.45) is 5.92 Å². The van der Waals surface area contributed by atoms with Gasteiger partial charge in [0.2, 0.25) is 5.91 Å². The van der Waals surface area contributed by atoms with Gasteiger partial charge in [-0.3, -0.25) is 4.79 Å². The summed E-state index contributed by atoms with van der Waals surface area (Å²) in [4.78, 5) is 32.2. The average molecular weight is 289 g/mol. The first-order chi connectivity index (χ1) is 10.2. The molecule has 0 bridgehead atoms. The van der Waals surface area contributed by atoms with Gasteiger partial charge in [0.05, 0.1) is 0 Å². The van der Waals surface area contributed by atoms with Crippen molar-refractivity contribution in [3.63, 3.8) is 0 Å². The van der Waals surface area contributed by atoms with Crippen molar-refractivity contribution in [3.05, 3.63) is 28.4 Å². The van der Waals surface area contributed by atoms with Gasteiger partial charge in [0.15, 0.2) is 0 Å². The molecule has 1 atom stereocenters. The normalized spacial score (nSPS) is 23.4. The van der Waals surface area contributed by atoms with E-state index in [0.717, 1.165) is 31.6 Å². The number of hydrogen-bond donors (Lipinski definition) is 1. The van der Waals surface area contributed by atoms with Crippen LogP contribution in [-0.2, 0) is 4.79 Å². The number of nitrogens with one attached hydrogen (secondary N) is 1. The molecule has 1 amide bonds. The van der Waals surface area contributed by atoms with E-state index >= 15 is 0 Å². The van der Waals surface area contributed by atoms with Crippen LogP contribution in [0.4, 0.5) is 0 Å². The Morgan fingerprint density at radius 2 is 2.10 bits per heavy atom. The number of amides is 1. The number of carbonyl (C=O) groups excluding carboxylic acids is 1. The fraction of sp³-hybridized carbons (Fsp3) is 0.688. The molecule has 1 aromatic heterocycles. The number of rotatable bonds is 3. The number of aromatic nitrogens is 2. The van der Waals surface area contributed by atoms with Crippen LogP contribution in [0.15, 0.2) is 17.1 Å². The largest absolute Gasteiger partial charge is 0.345 e. The first-order valence-electron chi connectivity index (χ1n) is 8.05. The van der Waals surface area contributed by atoms with E-state index in [9.17, 15) is 9.59 Å². The number of aromatic amines is 1. The lowest BCUT2D eigenvalue weighted by atomic mass is 9.93. The lowest BCUT2D eigenvalue weighted by Crippen LogP contribution is -2.40. The Kier molecular flexibility index (Phi) is 4.36. The number of carbonyl (C=O) groups is 1. The van der Waals surface area contributed by atoms with Crippen molar-refractivity contribution < 1.29 is 4.79 Å². The molecule has 0 spiro atoms. The maximum absolute atomic E-state index is 12.4. The summed E-state index contributed by atoms with van der Waals surface area (Å²) in [6.45, 7) is 1.59. The molecule has 0 aromatic carbocycles. The Balaban J connectivity index is 1.62. The molecule has 1 aromatic rings. The molecule has 3 rings (SSSR count). The third kappa shape index (κ3) is 3.52. The lowest BCUT2D eigenvalue weighted by molar-refractivity contribution is -0.133. The van der Waals surface area contributed by atoms with Crippen LogP contribution in [0, 0.1) is 5.92 Å². The SMILES string of the molecule is O=C(CC1CCCC1)N1CCC[C@H](c2ccnc(=O)[nH]2)C1. The second-order valence-corrected chi connectivity index (χ2v) is 6.36. The van der Waals surface area contributed by atoms with Crippen LogP contribution < -0.4 is 5.69 Å². The zero-order valence-corrected chi connectivity index (χ0v) is 12.4. The quantitative estimate of drug-likeness (QED) is 0.926. The Labute approximate surface area is 124 Å². The van der Waals surface area contributed by atoms with Gasteiger partial charge in [0.25, 0.3) is 0 Å². The number of piperidine rings is 1. The maximum Gasteiger partial charge on any atom is 0.345 e. The van der Waals surface area contributed by atoms with Crippen LogP contribution in [0.2, 0.25) is 0 Å². The fourth-order valence-electron chi connectivity index (χ4n) is 3.67. The van der Waals surface area contributed by atoms with Gasteiger partial charge in [-0.25, -0.2) is 9.78 Å². The zero-order chi connectivity index (χ0) is 14.7. The molecule has 2 aliphatic rings. The second-order valence-electron chi connectivity index (χ2n) is 6.36. The van der Waals surface area contributed by atoms with E-state index in [4.69, 9.17) is 0 Å². The van der Waals surface area contributed by atoms with Gasteiger partial charge in [-0.2, -0.15) is 0 Å². The molecule has 1 aliphatic heterocycles. The summed E-state index contributed by atoms with van der Waals surface area (Å²) in [5.41, 5.74) is 0.607. The van der Waals surface area contributed by atoms with E-state index in [0.29, 0.717) is 18.2 Å². The van der Waals surface area contributed by atoms with Gasteiger partial charge in [-0.15, -0.1) is 0 Å². The highest BCUT2D eigenvalue weighted by molar-refractivity contribution is 5.76. The molecule has 5 heteroatoms. The maximum atomic E-state index is 12.4. The van der Waals surface area contributed by atoms with Gasteiger partial charge in [0, 0.05) is 37.3 Å². The van der Waals surface area contributed by atoms with Crippen molar-refractivity contribution in [2.75, 3.05) is 13.1 Å². The molecule has 1 aliphatic carbocycles. The third-order valence-electron chi connectivity index (χ3n) is 4.85. The van der Waals surface area contributed by atoms with Crippen molar-refractivity contribution >= 4 is 5.91 Å². The molecule has 1 N–H and O–H groups in total. The minimum Gasteiger partial charge on any atom is -0.342 e. The van der Waals surface area contributed by atoms with Gasteiger partial charge in [-0.05, 0) is 37.7 Å². The summed E-state index contributed by atoms with van der Waals surface area (Å²) in [6, 6.07) is 1.86. The first-order valence-corrected chi connectivity index (χ1v) is 8.05. The Morgan fingerprint density at radius 1 is 1.29 bits per heavy atom. The van der Waals surface area contributed by atoms with Gasteiger partial charge in [0.1, 0.15) is 0 Å². The predicted molar refractivity (Wildman–Crippen MR) is 80.0 cm³/mol. The van der Waals surface area contributed by atoms with Crippen LogP contribution in [0.3, 0.4) is 0 Å². The van der Waals surface area contributed by atoms with Crippen LogP contribution >= 0.6 is 0 Å². The Hall–Kier alpha value is -1.65. The highest BCUT2D eigenvalue weighted by Gasteiger charge is 2.27.